The fraction of sp³-hybridized carbons (Fsp3) is 0.556. The molecule has 16 heavy (non-hydrogen) atoms. The summed E-state index contributed by atoms with van der Waals surface area (Å²) in [7, 11) is -3.10. The smallest absolute Gasteiger partial charge is 0.226 e. The van der Waals surface area contributed by atoms with Crippen LogP contribution in [-0.2, 0) is 21.1 Å². The van der Waals surface area contributed by atoms with Crippen molar-refractivity contribution in [3.63, 3.8) is 0 Å². The minimum absolute atomic E-state index is 0.0407. The maximum absolute atomic E-state index is 11.4. The lowest BCUT2D eigenvalue weighted by molar-refractivity contribution is -0.115. The molecule has 90 valence electrons. The van der Waals surface area contributed by atoms with Gasteiger partial charge in [-0.25, -0.2) is 8.42 Å². The summed E-state index contributed by atoms with van der Waals surface area (Å²) in [4.78, 5) is 11.4. The van der Waals surface area contributed by atoms with Gasteiger partial charge in [0.1, 0.15) is 15.7 Å². The number of sulfone groups is 1. The zero-order chi connectivity index (χ0) is 12.2. The van der Waals surface area contributed by atoms with E-state index in [1.807, 2.05) is 6.92 Å². The van der Waals surface area contributed by atoms with Gasteiger partial charge in [0.15, 0.2) is 0 Å². The summed E-state index contributed by atoms with van der Waals surface area (Å²) < 4.78 is 21.7. The van der Waals surface area contributed by atoms with Gasteiger partial charge in [0, 0.05) is 18.2 Å². The SMILES string of the molecule is CCc1cn[nH]c1NC(=O)CCS(C)(=O)=O. The zero-order valence-electron chi connectivity index (χ0n) is 9.28. The molecule has 0 fully saturated rings. The van der Waals surface area contributed by atoms with E-state index in [0.717, 1.165) is 18.2 Å². The van der Waals surface area contributed by atoms with Crippen molar-refractivity contribution in [2.24, 2.45) is 0 Å². The highest BCUT2D eigenvalue weighted by Gasteiger charge is 2.10. The Hall–Kier alpha value is -1.37. The molecular weight excluding hydrogens is 230 g/mol. The van der Waals surface area contributed by atoms with Crippen LogP contribution in [0.2, 0.25) is 0 Å². The number of nitrogens with one attached hydrogen (secondary N) is 2. The van der Waals surface area contributed by atoms with Crippen LogP contribution >= 0.6 is 0 Å². The van der Waals surface area contributed by atoms with E-state index < -0.39 is 9.84 Å². The number of carbonyl (C=O) groups is 1. The lowest BCUT2D eigenvalue weighted by Gasteiger charge is -2.03. The van der Waals surface area contributed by atoms with Crippen LogP contribution in [0.25, 0.3) is 0 Å². The molecule has 0 atom stereocenters. The van der Waals surface area contributed by atoms with Gasteiger partial charge in [-0.2, -0.15) is 5.10 Å². The first-order chi connectivity index (χ1) is 7.42. The van der Waals surface area contributed by atoms with Crippen LogP contribution in [0.5, 0.6) is 0 Å². The van der Waals surface area contributed by atoms with Crippen molar-refractivity contribution in [2.75, 3.05) is 17.3 Å². The van der Waals surface area contributed by atoms with Crippen molar-refractivity contribution in [3.8, 4) is 0 Å². The van der Waals surface area contributed by atoms with E-state index in [0.29, 0.717) is 5.82 Å². The number of hydrogen-bond donors (Lipinski definition) is 2. The van der Waals surface area contributed by atoms with Crippen LogP contribution < -0.4 is 5.32 Å². The van der Waals surface area contributed by atoms with Crippen LogP contribution in [0.3, 0.4) is 0 Å². The van der Waals surface area contributed by atoms with Crippen molar-refractivity contribution in [1.82, 2.24) is 10.2 Å². The molecule has 0 spiro atoms. The summed E-state index contributed by atoms with van der Waals surface area (Å²) in [5.74, 6) is 0.0689. The molecule has 1 aromatic heterocycles. The molecule has 0 unspecified atom stereocenters. The molecular formula is C9H15N3O3S. The molecule has 1 amide bonds. The molecule has 0 saturated heterocycles. The number of rotatable bonds is 5. The molecule has 1 rings (SSSR count). The number of nitrogens with zero attached hydrogens (tertiary/aromatic N) is 1. The van der Waals surface area contributed by atoms with Gasteiger partial charge in [-0.05, 0) is 6.42 Å². The number of aromatic nitrogens is 2. The maximum Gasteiger partial charge on any atom is 0.226 e. The Labute approximate surface area is 94.4 Å². The predicted molar refractivity (Wildman–Crippen MR) is 60.9 cm³/mol. The van der Waals surface area contributed by atoms with Crippen molar-refractivity contribution >= 4 is 21.6 Å². The van der Waals surface area contributed by atoms with Crippen molar-refractivity contribution in [2.45, 2.75) is 19.8 Å². The Morgan fingerprint density at radius 1 is 1.56 bits per heavy atom. The third-order valence-electron chi connectivity index (χ3n) is 2.06. The standard InChI is InChI=1S/C9H15N3O3S/c1-3-7-6-10-12-9(7)11-8(13)4-5-16(2,14)15/h6H,3-5H2,1-2H3,(H2,10,11,12,13). The van der Waals surface area contributed by atoms with Crippen LogP contribution in [0.4, 0.5) is 5.82 Å². The second-order valence-electron chi connectivity index (χ2n) is 3.55. The van der Waals surface area contributed by atoms with Gasteiger partial charge in [-0.15, -0.1) is 0 Å². The van der Waals surface area contributed by atoms with Crippen molar-refractivity contribution in [1.29, 1.82) is 0 Å². The van der Waals surface area contributed by atoms with Gasteiger partial charge in [0.05, 0.1) is 11.9 Å². The van der Waals surface area contributed by atoms with Crippen LogP contribution in [0.1, 0.15) is 18.9 Å². The molecule has 0 aromatic carbocycles. The first-order valence-corrected chi connectivity index (χ1v) is 6.98. The van der Waals surface area contributed by atoms with Gasteiger partial charge in [0.25, 0.3) is 0 Å². The predicted octanol–water partition coefficient (Wildman–Crippen LogP) is 0.345. The molecule has 0 aliphatic heterocycles. The highest BCUT2D eigenvalue weighted by Crippen LogP contribution is 2.11. The molecule has 0 aliphatic rings. The van der Waals surface area contributed by atoms with E-state index in [1.54, 1.807) is 6.20 Å². The Balaban J connectivity index is 2.52. The number of H-pyrrole nitrogens is 1. The summed E-state index contributed by atoms with van der Waals surface area (Å²) in [6, 6.07) is 0. The summed E-state index contributed by atoms with van der Waals surface area (Å²) in [5, 5.41) is 9.04. The van der Waals surface area contributed by atoms with Gasteiger partial charge < -0.3 is 5.32 Å². The first-order valence-electron chi connectivity index (χ1n) is 4.92. The average Bonchev–Trinajstić information content (AvgIpc) is 2.61. The molecule has 2 N–H and O–H groups in total. The molecule has 0 radical (unpaired) electrons. The number of anilines is 1. The van der Waals surface area contributed by atoms with Crippen LogP contribution in [0, 0.1) is 0 Å². The fourth-order valence-electron chi connectivity index (χ4n) is 1.17. The largest absolute Gasteiger partial charge is 0.311 e. The Bertz CT molecular complexity index is 464. The van der Waals surface area contributed by atoms with Gasteiger partial charge in [0.2, 0.25) is 5.91 Å². The van der Waals surface area contributed by atoms with Gasteiger partial charge in [-0.3, -0.25) is 9.89 Å². The topological polar surface area (TPSA) is 91.9 Å². The number of hydrogen-bond acceptors (Lipinski definition) is 4. The van der Waals surface area contributed by atoms with Crippen LogP contribution in [-0.4, -0.2) is 36.5 Å². The summed E-state index contributed by atoms with van der Waals surface area (Å²) in [5.41, 5.74) is 0.896. The zero-order valence-corrected chi connectivity index (χ0v) is 10.1. The molecule has 7 heteroatoms. The number of aryl methyl sites for hydroxylation is 1. The molecule has 0 aliphatic carbocycles. The normalized spacial score (nSPS) is 11.4. The minimum atomic E-state index is -3.10. The third-order valence-corrected chi connectivity index (χ3v) is 3.01. The average molecular weight is 245 g/mol. The lowest BCUT2D eigenvalue weighted by atomic mass is 10.2. The number of carbonyl (C=O) groups excluding carboxylic acids is 1. The highest BCUT2D eigenvalue weighted by atomic mass is 32.2. The van der Waals surface area contributed by atoms with Gasteiger partial charge in [-0.1, -0.05) is 6.92 Å². The first kappa shape index (κ1) is 12.7. The number of aromatic amines is 1. The summed E-state index contributed by atoms with van der Waals surface area (Å²) >= 11 is 0. The third kappa shape index (κ3) is 4.01. The van der Waals surface area contributed by atoms with E-state index in [4.69, 9.17) is 0 Å². The monoisotopic (exact) mass is 245 g/mol. The summed E-state index contributed by atoms with van der Waals surface area (Å²) in [6.45, 7) is 1.94. The highest BCUT2D eigenvalue weighted by molar-refractivity contribution is 7.90. The van der Waals surface area contributed by atoms with E-state index in [1.165, 1.54) is 0 Å². The molecule has 6 nitrogen and oxygen atoms in total. The summed E-state index contributed by atoms with van der Waals surface area (Å²) in [6.07, 6.45) is 3.44. The van der Waals surface area contributed by atoms with E-state index in [2.05, 4.69) is 15.5 Å². The molecule has 0 saturated carbocycles. The second kappa shape index (κ2) is 5.11. The molecule has 0 bridgehead atoms. The second-order valence-corrected chi connectivity index (χ2v) is 5.81. The Morgan fingerprint density at radius 2 is 2.25 bits per heavy atom. The van der Waals surface area contributed by atoms with E-state index >= 15 is 0 Å². The Morgan fingerprint density at radius 3 is 2.81 bits per heavy atom. The fourth-order valence-corrected chi connectivity index (χ4v) is 1.72. The van der Waals surface area contributed by atoms with Crippen molar-refractivity contribution < 1.29 is 13.2 Å². The van der Waals surface area contributed by atoms with E-state index in [9.17, 15) is 13.2 Å². The maximum atomic E-state index is 11.4. The molecule has 1 heterocycles. The minimum Gasteiger partial charge on any atom is -0.311 e. The van der Waals surface area contributed by atoms with Gasteiger partial charge >= 0.3 is 0 Å². The van der Waals surface area contributed by atoms with E-state index in [-0.39, 0.29) is 18.1 Å². The van der Waals surface area contributed by atoms with Crippen molar-refractivity contribution in [3.05, 3.63) is 11.8 Å². The quantitative estimate of drug-likeness (QED) is 0.782. The Kier molecular flexibility index (Phi) is 4.05. The molecule has 1 aromatic rings. The lowest BCUT2D eigenvalue weighted by Crippen LogP contribution is -2.17. The number of amides is 1. The van der Waals surface area contributed by atoms with Crippen LogP contribution in [0.15, 0.2) is 6.20 Å².